The average molecular weight is 188 g/mol. The number of alkyl halides is 2. The van der Waals surface area contributed by atoms with Crippen LogP contribution >= 0.6 is 12.4 Å². The molecule has 0 spiro atoms. The molecule has 1 unspecified atom stereocenters. The van der Waals surface area contributed by atoms with Gasteiger partial charge in [0.15, 0.2) is 0 Å². The van der Waals surface area contributed by atoms with E-state index in [1.807, 2.05) is 0 Å². The Kier molecular flexibility index (Phi) is 4.21. The molecule has 1 N–H and O–H groups in total. The van der Waals surface area contributed by atoms with Crippen molar-refractivity contribution in [1.82, 2.24) is 5.32 Å². The first-order chi connectivity index (χ1) is 4.67. The molecule has 0 aromatic carbocycles. The lowest BCUT2D eigenvalue weighted by Crippen LogP contribution is -2.49. The maximum absolute atomic E-state index is 12.7. The van der Waals surface area contributed by atoms with Gasteiger partial charge in [-0.25, -0.2) is 8.78 Å². The zero-order valence-electron chi connectivity index (χ0n) is 6.27. The van der Waals surface area contributed by atoms with E-state index in [4.69, 9.17) is 0 Å². The van der Waals surface area contributed by atoms with E-state index >= 15 is 0 Å². The van der Waals surface area contributed by atoms with Gasteiger partial charge in [0.2, 0.25) is 0 Å². The molecule has 68 valence electrons. The molecule has 2 nitrogen and oxygen atoms in total. The topological polar surface area (TPSA) is 21.3 Å². The standard InChI is InChI=1S/C6H11F2NO.ClH/c1-10-5-4-9-3-2-6(5,7)8;/h5,9H,2-4H2,1H3;1H. The second kappa shape index (κ2) is 4.18. The van der Waals surface area contributed by atoms with Gasteiger partial charge in [0.1, 0.15) is 6.10 Å². The van der Waals surface area contributed by atoms with Gasteiger partial charge in [0.25, 0.3) is 5.92 Å². The predicted octanol–water partition coefficient (Wildman–Crippen LogP) is 1.05. The summed E-state index contributed by atoms with van der Waals surface area (Å²) in [6, 6.07) is 0. The Balaban J connectivity index is 0.000001000. The molecule has 0 aromatic rings. The Bertz CT molecular complexity index is 123. The molecule has 0 aliphatic carbocycles. The highest BCUT2D eigenvalue weighted by atomic mass is 35.5. The number of methoxy groups -OCH3 is 1. The summed E-state index contributed by atoms with van der Waals surface area (Å²) >= 11 is 0. The Morgan fingerprint density at radius 3 is 2.55 bits per heavy atom. The van der Waals surface area contributed by atoms with Crippen molar-refractivity contribution in [3.63, 3.8) is 0 Å². The Morgan fingerprint density at radius 1 is 1.55 bits per heavy atom. The van der Waals surface area contributed by atoms with Gasteiger partial charge in [0.05, 0.1) is 0 Å². The van der Waals surface area contributed by atoms with E-state index in [2.05, 4.69) is 10.1 Å². The van der Waals surface area contributed by atoms with Crippen LogP contribution in [0.25, 0.3) is 0 Å². The zero-order chi connectivity index (χ0) is 7.61. The lowest BCUT2D eigenvalue weighted by Gasteiger charge is -2.30. The molecule has 1 fully saturated rings. The molecule has 1 aliphatic heterocycles. The molecule has 5 heteroatoms. The molecule has 1 saturated heterocycles. The largest absolute Gasteiger partial charge is 0.374 e. The summed E-state index contributed by atoms with van der Waals surface area (Å²) in [5, 5.41) is 2.84. The highest BCUT2D eigenvalue weighted by molar-refractivity contribution is 5.85. The molecule has 1 rings (SSSR count). The fourth-order valence-electron chi connectivity index (χ4n) is 1.05. The summed E-state index contributed by atoms with van der Waals surface area (Å²) in [5.74, 6) is -2.64. The van der Waals surface area contributed by atoms with Crippen LogP contribution in [0, 0.1) is 0 Å². The first-order valence-electron chi connectivity index (χ1n) is 3.28. The van der Waals surface area contributed by atoms with E-state index < -0.39 is 12.0 Å². The minimum absolute atomic E-state index is 0. The number of piperidine rings is 1. The smallest absolute Gasteiger partial charge is 0.276 e. The van der Waals surface area contributed by atoms with Crippen molar-refractivity contribution in [2.75, 3.05) is 20.2 Å². The molecular formula is C6H12ClF2NO. The summed E-state index contributed by atoms with van der Waals surface area (Å²) in [6.07, 6.45) is -1.06. The number of ether oxygens (including phenoxy) is 1. The van der Waals surface area contributed by atoms with Crippen LogP contribution in [0.2, 0.25) is 0 Å². The number of rotatable bonds is 1. The molecule has 1 atom stereocenters. The third kappa shape index (κ3) is 2.54. The number of hydrogen-bond acceptors (Lipinski definition) is 2. The Labute approximate surface area is 70.7 Å². The second-order valence-corrected chi connectivity index (χ2v) is 2.44. The van der Waals surface area contributed by atoms with Gasteiger partial charge in [-0.05, 0) is 0 Å². The average Bonchev–Trinajstić information content (AvgIpc) is 1.87. The fourth-order valence-corrected chi connectivity index (χ4v) is 1.05. The van der Waals surface area contributed by atoms with E-state index in [-0.39, 0.29) is 25.4 Å². The lowest BCUT2D eigenvalue weighted by molar-refractivity contribution is -0.138. The molecule has 0 saturated carbocycles. The van der Waals surface area contributed by atoms with Crippen LogP contribution in [0.1, 0.15) is 6.42 Å². The molecule has 1 aliphatic rings. The van der Waals surface area contributed by atoms with E-state index in [0.717, 1.165) is 0 Å². The summed E-state index contributed by atoms with van der Waals surface area (Å²) in [5.41, 5.74) is 0. The lowest BCUT2D eigenvalue weighted by atomic mass is 10.1. The Morgan fingerprint density at radius 2 is 2.18 bits per heavy atom. The van der Waals surface area contributed by atoms with Crippen molar-refractivity contribution in [2.45, 2.75) is 18.4 Å². The van der Waals surface area contributed by atoms with Gasteiger partial charge in [0, 0.05) is 26.6 Å². The first-order valence-corrected chi connectivity index (χ1v) is 3.28. The SMILES string of the molecule is COC1CNCCC1(F)F.Cl. The van der Waals surface area contributed by atoms with Crippen LogP contribution in [-0.2, 0) is 4.74 Å². The highest BCUT2D eigenvalue weighted by Crippen LogP contribution is 2.26. The number of nitrogens with one attached hydrogen (secondary N) is 1. The van der Waals surface area contributed by atoms with Crippen molar-refractivity contribution >= 4 is 12.4 Å². The molecule has 0 amide bonds. The molecule has 0 aromatic heterocycles. The third-order valence-electron chi connectivity index (χ3n) is 1.72. The quantitative estimate of drug-likeness (QED) is 0.663. The molecule has 0 radical (unpaired) electrons. The van der Waals surface area contributed by atoms with Crippen LogP contribution in [0.3, 0.4) is 0 Å². The van der Waals surface area contributed by atoms with E-state index in [1.54, 1.807) is 0 Å². The van der Waals surface area contributed by atoms with Crippen molar-refractivity contribution in [1.29, 1.82) is 0 Å². The van der Waals surface area contributed by atoms with Crippen molar-refractivity contribution in [3.05, 3.63) is 0 Å². The van der Waals surface area contributed by atoms with Gasteiger partial charge >= 0.3 is 0 Å². The van der Waals surface area contributed by atoms with Crippen molar-refractivity contribution in [3.8, 4) is 0 Å². The van der Waals surface area contributed by atoms with Gasteiger partial charge in [-0.3, -0.25) is 0 Å². The number of hydrogen-bond donors (Lipinski definition) is 1. The normalized spacial score (nSPS) is 29.2. The minimum atomic E-state index is -2.64. The van der Waals surface area contributed by atoms with Crippen molar-refractivity contribution in [2.24, 2.45) is 0 Å². The highest BCUT2D eigenvalue weighted by Gasteiger charge is 2.41. The van der Waals surface area contributed by atoms with E-state index in [0.29, 0.717) is 6.54 Å². The maximum atomic E-state index is 12.7. The van der Waals surface area contributed by atoms with E-state index in [1.165, 1.54) is 7.11 Å². The minimum Gasteiger partial charge on any atom is -0.374 e. The van der Waals surface area contributed by atoms with Gasteiger partial charge in [-0.1, -0.05) is 0 Å². The van der Waals surface area contributed by atoms with Gasteiger partial charge < -0.3 is 10.1 Å². The molecule has 11 heavy (non-hydrogen) atoms. The van der Waals surface area contributed by atoms with Crippen LogP contribution in [0.5, 0.6) is 0 Å². The van der Waals surface area contributed by atoms with Crippen LogP contribution in [0.4, 0.5) is 8.78 Å². The molecule has 0 bridgehead atoms. The zero-order valence-corrected chi connectivity index (χ0v) is 7.09. The summed E-state index contributed by atoms with van der Waals surface area (Å²) in [7, 11) is 1.31. The van der Waals surface area contributed by atoms with Gasteiger partial charge in [-0.2, -0.15) is 0 Å². The van der Waals surface area contributed by atoms with Crippen molar-refractivity contribution < 1.29 is 13.5 Å². The molecule has 1 heterocycles. The van der Waals surface area contributed by atoms with Crippen LogP contribution in [-0.4, -0.2) is 32.2 Å². The summed E-state index contributed by atoms with van der Waals surface area (Å²) in [6.45, 7) is 0.635. The van der Waals surface area contributed by atoms with Crippen LogP contribution in [0.15, 0.2) is 0 Å². The van der Waals surface area contributed by atoms with E-state index in [9.17, 15) is 8.78 Å². The summed E-state index contributed by atoms with van der Waals surface area (Å²) < 4.78 is 30.0. The maximum Gasteiger partial charge on any atom is 0.276 e. The molecular weight excluding hydrogens is 176 g/mol. The predicted molar refractivity (Wildman–Crippen MR) is 40.5 cm³/mol. The monoisotopic (exact) mass is 187 g/mol. The first kappa shape index (κ1) is 11.1. The number of halogens is 3. The van der Waals surface area contributed by atoms with Crippen LogP contribution < -0.4 is 5.32 Å². The second-order valence-electron chi connectivity index (χ2n) is 2.44. The fraction of sp³-hybridized carbons (Fsp3) is 1.00. The third-order valence-corrected chi connectivity index (χ3v) is 1.72. The van der Waals surface area contributed by atoms with Gasteiger partial charge in [-0.15, -0.1) is 12.4 Å². The Hall–Kier alpha value is 0.0700. The summed E-state index contributed by atoms with van der Waals surface area (Å²) in [4.78, 5) is 0.